The van der Waals surface area contributed by atoms with Crippen LogP contribution in [0.5, 0.6) is 0 Å². The third kappa shape index (κ3) is 5.89. The third-order valence-electron chi connectivity index (χ3n) is 14.2. The molecule has 10 nitrogen and oxygen atoms in total. The lowest BCUT2D eigenvalue weighted by Crippen LogP contribution is -2.17. The van der Waals surface area contributed by atoms with Crippen molar-refractivity contribution < 1.29 is 13.2 Å². The predicted molar refractivity (Wildman–Crippen MR) is 270 cm³/mol. The molecule has 12 aromatic rings. The van der Waals surface area contributed by atoms with Crippen molar-refractivity contribution in [2.75, 3.05) is 0 Å². The van der Waals surface area contributed by atoms with Gasteiger partial charge in [0.2, 0.25) is 11.9 Å². The molecule has 0 N–H and O–H groups in total. The summed E-state index contributed by atoms with van der Waals surface area (Å²) in [5, 5.41) is 44.4. The maximum atomic E-state index is 15.3. The Morgan fingerprint density at radius 3 is 1.44 bits per heavy atom. The third-order valence-corrected chi connectivity index (χ3v) is 14.2. The van der Waals surface area contributed by atoms with E-state index in [4.69, 9.17) is 15.0 Å². The van der Waals surface area contributed by atoms with E-state index in [0.29, 0.717) is 71.6 Å². The summed E-state index contributed by atoms with van der Waals surface area (Å²) < 4.78 is 51.4. The molecular formula is C59H31F3N10. The fourth-order valence-electron chi connectivity index (χ4n) is 11.1. The molecule has 0 radical (unpaired) electrons. The van der Waals surface area contributed by atoms with Crippen molar-refractivity contribution in [3.05, 3.63) is 191 Å². The second-order valence-corrected chi connectivity index (χ2v) is 18.4. The number of hydrogen-bond acceptors (Lipinski definition) is 7. The standard InChI is InChI=1S/C59H31F3N10/c1-58(2)46-9-5-3-7-37(46)39-16-17-40-38-8-4-6-10-47(38)70(54(40)53(39)58)52-22-15-36(59(60,61)62)27-45(52)55-67-56(71-48-18-11-32(28-63)23-41(48)42-24-33(29-64)12-19-49(42)71)69-57(68-55)72-50-20-13-34(30-65)25-43(50)44-26-35(31-66)14-21-51(44)72/h3-27H,1-2H3. The van der Waals surface area contributed by atoms with Gasteiger partial charge in [0, 0.05) is 43.3 Å². The molecule has 0 saturated heterocycles. The smallest absolute Gasteiger partial charge is 0.308 e. The first-order chi connectivity index (χ1) is 34.9. The van der Waals surface area contributed by atoms with Gasteiger partial charge in [0.25, 0.3) is 0 Å². The Bertz CT molecular complexity index is 4290. The zero-order valence-corrected chi connectivity index (χ0v) is 38.0. The highest BCUT2D eigenvalue weighted by atomic mass is 19.4. The number of halogens is 3. The fourth-order valence-corrected chi connectivity index (χ4v) is 11.1. The van der Waals surface area contributed by atoms with Crippen LogP contribution in [0.4, 0.5) is 13.2 Å². The molecule has 8 aromatic carbocycles. The molecule has 1 aliphatic rings. The van der Waals surface area contributed by atoms with Crippen molar-refractivity contribution in [2.45, 2.75) is 25.4 Å². The first-order valence-electron chi connectivity index (χ1n) is 22.8. The van der Waals surface area contributed by atoms with E-state index >= 15 is 13.2 Å². The molecule has 13 rings (SSSR count). The van der Waals surface area contributed by atoms with Gasteiger partial charge in [0.05, 0.1) is 90.9 Å². The number of para-hydroxylation sites is 1. The monoisotopic (exact) mass is 936 g/mol. The van der Waals surface area contributed by atoms with Crippen LogP contribution in [-0.2, 0) is 11.6 Å². The molecule has 4 aromatic heterocycles. The van der Waals surface area contributed by atoms with Crippen LogP contribution in [0.15, 0.2) is 152 Å². The second-order valence-electron chi connectivity index (χ2n) is 18.4. The van der Waals surface area contributed by atoms with Gasteiger partial charge in [-0.2, -0.15) is 49.2 Å². The highest BCUT2D eigenvalue weighted by molar-refractivity contribution is 6.14. The van der Waals surface area contributed by atoms with Gasteiger partial charge in [-0.05, 0) is 119 Å². The maximum absolute atomic E-state index is 15.3. The van der Waals surface area contributed by atoms with Gasteiger partial charge in [0.1, 0.15) is 0 Å². The zero-order chi connectivity index (χ0) is 49.4. The zero-order valence-electron chi connectivity index (χ0n) is 38.0. The summed E-state index contributed by atoms with van der Waals surface area (Å²) in [5.74, 6) is -0.0266. The van der Waals surface area contributed by atoms with Crippen molar-refractivity contribution in [3.63, 3.8) is 0 Å². The van der Waals surface area contributed by atoms with Gasteiger partial charge in [-0.3, -0.25) is 9.13 Å². The summed E-state index contributed by atoms with van der Waals surface area (Å²) in [6.07, 6.45) is -4.77. The maximum Gasteiger partial charge on any atom is 0.416 e. The van der Waals surface area contributed by atoms with Crippen molar-refractivity contribution in [2.24, 2.45) is 0 Å². The van der Waals surface area contributed by atoms with Crippen LogP contribution in [0.2, 0.25) is 0 Å². The number of benzene rings is 8. The van der Waals surface area contributed by atoms with Gasteiger partial charge >= 0.3 is 6.18 Å². The summed E-state index contributed by atoms with van der Waals surface area (Å²) in [6, 6.07) is 53.3. The van der Waals surface area contributed by atoms with E-state index < -0.39 is 17.2 Å². The molecule has 13 heteroatoms. The average Bonchev–Trinajstić information content (AvgIpc) is 4.10. The minimum Gasteiger partial charge on any atom is -0.308 e. The summed E-state index contributed by atoms with van der Waals surface area (Å²) >= 11 is 0. The van der Waals surface area contributed by atoms with Crippen LogP contribution in [0, 0.1) is 45.3 Å². The molecular weight excluding hydrogens is 906 g/mol. The number of nitriles is 4. The predicted octanol–water partition coefficient (Wildman–Crippen LogP) is 13.6. The quantitative estimate of drug-likeness (QED) is 0.170. The van der Waals surface area contributed by atoms with E-state index in [0.717, 1.165) is 56.2 Å². The van der Waals surface area contributed by atoms with Crippen LogP contribution >= 0.6 is 0 Å². The molecule has 0 amide bonds. The molecule has 0 saturated carbocycles. The number of nitrogens with zero attached hydrogens (tertiary/aromatic N) is 10. The molecule has 72 heavy (non-hydrogen) atoms. The fraction of sp³-hybridized carbons (Fsp3) is 0.0678. The molecule has 0 bridgehead atoms. The highest BCUT2D eigenvalue weighted by Gasteiger charge is 2.39. The minimum absolute atomic E-state index is 0.0322. The van der Waals surface area contributed by atoms with Gasteiger partial charge < -0.3 is 4.57 Å². The number of alkyl halides is 3. The molecule has 4 heterocycles. The lowest BCUT2D eigenvalue weighted by molar-refractivity contribution is -0.137. The van der Waals surface area contributed by atoms with E-state index in [1.807, 2.05) is 41.0 Å². The molecule has 0 fully saturated rings. The number of aromatic nitrogens is 6. The first kappa shape index (κ1) is 42.1. The molecule has 0 atom stereocenters. The Labute approximate surface area is 407 Å². The number of rotatable bonds is 4. The summed E-state index contributed by atoms with van der Waals surface area (Å²) in [6.45, 7) is 4.35. The topological polar surface area (TPSA) is 149 Å². The van der Waals surface area contributed by atoms with Crippen LogP contribution in [-0.4, -0.2) is 28.7 Å². The van der Waals surface area contributed by atoms with E-state index in [1.54, 1.807) is 81.9 Å². The summed E-state index contributed by atoms with van der Waals surface area (Å²) in [7, 11) is 0. The molecule has 1 aliphatic carbocycles. The highest BCUT2D eigenvalue weighted by Crippen LogP contribution is 2.53. The Kier molecular flexibility index (Phi) is 8.74. The van der Waals surface area contributed by atoms with E-state index in [9.17, 15) is 21.0 Å². The van der Waals surface area contributed by atoms with E-state index in [-0.39, 0.29) is 23.3 Å². The van der Waals surface area contributed by atoms with Gasteiger partial charge in [-0.1, -0.05) is 68.4 Å². The average molecular weight is 937 g/mol. The van der Waals surface area contributed by atoms with E-state index in [1.165, 1.54) is 6.07 Å². The van der Waals surface area contributed by atoms with Gasteiger partial charge in [-0.15, -0.1) is 0 Å². The Morgan fingerprint density at radius 2 is 0.931 bits per heavy atom. The minimum atomic E-state index is -4.77. The van der Waals surface area contributed by atoms with Crippen molar-refractivity contribution >= 4 is 65.4 Å². The lowest BCUT2D eigenvalue weighted by atomic mass is 9.81. The van der Waals surface area contributed by atoms with E-state index in [2.05, 4.69) is 62.4 Å². The number of fused-ring (bicyclic) bond motifs is 13. The molecule has 0 spiro atoms. The van der Waals surface area contributed by atoms with Crippen molar-refractivity contribution in [3.8, 4) is 64.4 Å². The van der Waals surface area contributed by atoms with Crippen LogP contribution in [0.25, 0.3) is 106 Å². The SMILES string of the molecule is CC1(C)c2ccccc2-c2ccc3c4ccccc4n(-c4ccc(C(F)(F)F)cc4-c4nc(-n5c6ccc(C#N)cc6c6cc(C#N)ccc65)nc(-n5c6ccc(C#N)cc6c6cc(C#N)ccc65)n4)c3c21. The van der Waals surface area contributed by atoms with Crippen LogP contribution in [0.1, 0.15) is 52.8 Å². The second kappa shape index (κ2) is 15.0. The van der Waals surface area contributed by atoms with Gasteiger partial charge in [-0.25, -0.2) is 0 Å². The van der Waals surface area contributed by atoms with Crippen LogP contribution < -0.4 is 0 Å². The normalized spacial score (nSPS) is 12.8. The Morgan fingerprint density at radius 1 is 0.444 bits per heavy atom. The summed E-state index contributed by atoms with van der Waals surface area (Å²) in [5.41, 5.74) is 8.61. The summed E-state index contributed by atoms with van der Waals surface area (Å²) in [4.78, 5) is 15.5. The first-order valence-corrected chi connectivity index (χ1v) is 22.8. The Balaban J connectivity index is 1.19. The van der Waals surface area contributed by atoms with Crippen LogP contribution in [0.3, 0.4) is 0 Å². The molecule has 0 unspecified atom stereocenters. The van der Waals surface area contributed by atoms with Gasteiger partial charge in [0.15, 0.2) is 5.82 Å². The number of hydrogen-bond donors (Lipinski definition) is 0. The van der Waals surface area contributed by atoms with Crippen molar-refractivity contribution in [1.29, 1.82) is 21.0 Å². The van der Waals surface area contributed by atoms with Crippen molar-refractivity contribution in [1.82, 2.24) is 28.7 Å². The lowest BCUT2D eigenvalue weighted by Gasteiger charge is -2.24. The molecule has 338 valence electrons. The Hall–Kier alpha value is -10.1. The molecule has 0 aliphatic heterocycles. The largest absolute Gasteiger partial charge is 0.416 e.